The monoisotopic (exact) mass is 1340 g/mol. The minimum atomic E-state index is -1.39. The molecule has 5 aliphatic rings. The molecule has 458 valence electrons. The average Bonchev–Trinajstić information content (AvgIpc) is 1.63. The quantitative estimate of drug-likeness (QED) is 0.0378. The number of nitrogens with two attached hydrogens (primary N) is 1. The fourth-order valence-corrected chi connectivity index (χ4v) is 14.4. The van der Waals surface area contributed by atoms with Crippen LogP contribution < -0.4 is 21.8 Å². The largest absolute Gasteiger partial charge is 0.494 e. The van der Waals surface area contributed by atoms with Crippen molar-refractivity contribution in [1.29, 1.82) is 0 Å². The van der Waals surface area contributed by atoms with E-state index in [0.717, 1.165) is 17.2 Å². The van der Waals surface area contributed by atoms with Gasteiger partial charge in [0.15, 0.2) is 16.2 Å². The first-order valence-corrected chi connectivity index (χ1v) is 34.6. The second-order valence-electron chi connectivity index (χ2n) is 25.5. The second kappa shape index (κ2) is 25.5. The van der Waals surface area contributed by atoms with Crippen molar-refractivity contribution in [2.75, 3.05) is 27.4 Å². The van der Waals surface area contributed by atoms with Crippen molar-refractivity contribution in [1.82, 2.24) is 25.5 Å². The molecule has 3 aliphatic heterocycles. The zero-order valence-corrected chi connectivity index (χ0v) is 56.0. The van der Waals surface area contributed by atoms with E-state index in [0.29, 0.717) is 47.3 Å². The number of hydrogen-bond donors (Lipinski definition) is 3. The van der Waals surface area contributed by atoms with Crippen LogP contribution >= 0.6 is 46.1 Å². The van der Waals surface area contributed by atoms with Crippen LogP contribution in [0.25, 0.3) is 17.7 Å². The highest BCUT2D eigenvalue weighted by Gasteiger charge is 2.72. The van der Waals surface area contributed by atoms with Crippen LogP contribution in [0.1, 0.15) is 114 Å². The summed E-state index contributed by atoms with van der Waals surface area (Å²) in [5.74, 6) is -2.61. The predicted molar refractivity (Wildman–Crippen MR) is 344 cm³/mol. The summed E-state index contributed by atoms with van der Waals surface area (Å²) < 4.78 is 82.2. The summed E-state index contributed by atoms with van der Waals surface area (Å²) in [7, 11) is 1.06. The standard InChI is InChI=1S/C31H49BFN3O6SSi.C22H22F2N4OS.C8H7FIN/c1-27(2,3)40-26(38)36(19-39-15-16-44(10,11)12)25-35-30(8,23-18-31(23,43-25)24(37)34-9)21-17-20(13-14-22(21)33)32-41-28(4,5)29(6,7)42-32;1-12-4-7-17(27-11-12)16(24)9-13-5-6-15(23)14(8-13)21(2)18-10-22(18,19(29)26-3)30-20(25)28-21;1-6-2-3-8(11-5-6)7(9)4-10/h13-14,17,23H,15-16,18-19H2,1-12H3,(H,34,37);4-9,11,18H,10H2,1-3H3,(H2,25,28)(H,26,29);2-5H,1H3/b;16-9-;7-4-/t23-,30+,31-;18-,21+,22-;/m00./s1. The Hall–Kier alpha value is -5.12. The smallest absolute Gasteiger partial charge is 0.443 e. The Morgan fingerprint density at radius 1 is 0.788 bits per heavy atom. The van der Waals surface area contributed by atoms with Gasteiger partial charge in [-0.05, 0) is 176 Å². The van der Waals surface area contributed by atoms with Crippen LogP contribution in [0.3, 0.4) is 0 Å². The number of thioether (sulfide) groups is 2. The molecule has 3 fully saturated rings. The molecule has 0 spiro atoms. The van der Waals surface area contributed by atoms with Gasteiger partial charge in [0.25, 0.3) is 0 Å². The summed E-state index contributed by atoms with van der Waals surface area (Å²) in [5, 5.41) is 5.95. The Bertz CT molecular complexity index is 3300. The number of nitrogens with one attached hydrogen (secondary N) is 2. The number of benzene rings is 2. The molecular formula is C61H78BF4IN8O7S2Si. The summed E-state index contributed by atoms with van der Waals surface area (Å²) in [6, 6.07) is 16.9. The maximum absolute atomic E-state index is 15.9. The van der Waals surface area contributed by atoms with Crippen molar-refractivity contribution in [2.24, 2.45) is 27.6 Å². The molecule has 3 amide bonds. The molecular weight excluding hydrogens is 1260 g/mol. The lowest BCUT2D eigenvalue weighted by atomic mass is 9.75. The van der Waals surface area contributed by atoms with Gasteiger partial charge in [-0.1, -0.05) is 73.5 Å². The maximum atomic E-state index is 15.9. The van der Waals surface area contributed by atoms with E-state index in [-0.39, 0.29) is 52.2 Å². The number of amides is 3. The topological polar surface area (TPSA) is 192 Å². The lowest BCUT2D eigenvalue weighted by Crippen LogP contribution is -2.48. The Labute approximate surface area is 520 Å². The minimum absolute atomic E-state index is 0.105. The van der Waals surface area contributed by atoms with Gasteiger partial charge < -0.3 is 35.1 Å². The van der Waals surface area contributed by atoms with Gasteiger partial charge in [0.1, 0.15) is 39.3 Å². The number of pyridine rings is 2. The average molecular weight is 1340 g/mol. The highest BCUT2D eigenvalue weighted by molar-refractivity contribution is 14.1. The number of rotatable bonds is 13. The van der Waals surface area contributed by atoms with E-state index in [1.807, 2.05) is 77.1 Å². The molecule has 15 nitrogen and oxygen atoms in total. The third kappa shape index (κ3) is 14.9. The molecule has 4 N–H and O–H groups in total. The molecule has 2 aromatic heterocycles. The highest BCUT2D eigenvalue weighted by atomic mass is 127. The molecule has 24 heteroatoms. The van der Waals surface area contributed by atoms with Crippen molar-refractivity contribution in [3.05, 3.63) is 128 Å². The number of hydrogen-bond acceptors (Lipinski definition) is 14. The van der Waals surface area contributed by atoms with E-state index in [1.165, 1.54) is 56.8 Å². The highest BCUT2D eigenvalue weighted by Crippen LogP contribution is 2.67. The third-order valence-electron chi connectivity index (χ3n) is 16.0. The number of aromatic nitrogens is 2. The molecule has 0 unspecified atom stereocenters. The van der Waals surface area contributed by atoms with Gasteiger partial charge in [0.2, 0.25) is 11.8 Å². The van der Waals surface area contributed by atoms with Crippen molar-refractivity contribution >= 4 is 113 Å². The second-order valence-corrected chi connectivity index (χ2v) is 34.4. The SMILES string of the molecule is CNC(=O)[C@]12C[C@H]1[C@@](C)(c1cc(/C=C(\F)c3ccc(C)cn3)ccc1F)N=C(N)S2.CNC(=O)[C@]12C[C@H]1[C@@](C)(c1cc(B3OC(C)(C)C(C)(C)O3)ccc1F)N=C(N(COCC[Si](C)(C)C)C(=O)OC(C)(C)C)S2.Cc1ccc(/C(F)=C/I)nc1. The fraction of sp³-hybridized carbons (Fsp3) is 0.492. The zero-order valence-electron chi connectivity index (χ0n) is 51.2. The van der Waals surface area contributed by atoms with E-state index in [4.69, 9.17) is 29.5 Å². The molecule has 2 aliphatic carbocycles. The molecule has 1 saturated heterocycles. The van der Waals surface area contributed by atoms with Crippen LogP contribution in [0.4, 0.5) is 22.4 Å². The molecule has 0 bridgehead atoms. The number of aryl methyl sites for hydroxylation is 2. The summed E-state index contributed by atoms with van der Waals surface area (Å²) in [6.45, 7) is 27.7. The van der Waals surface area contributed by atoms with Gasteiger partial charge in [-0.25, -0.2) is 27.3 Å². The zero-order chi connectivity index (χ0) is 63.0. The van der Waals surface area contributed by atoms with E-state index >= 15 is 4.39 Å². The van der Waals surface area contributed by atoms with Crippen molar-refractivity contribution < 1.29 is 50.7 Å². The number of ether oxygens (including phenoxy) is 2. The maximum Gasteiger partial charge on any atom is 0.494 e. The Morgan fingerprint density at radius 3 is 1.79 bits per heavy atom. The minimum Gasteiger partial charge on any atom is -0.443 e. The molecule has 0 radical (unpaired) electrons. The third-order valence-corrected chi connectivity index (χ3v) is 21.0. The summed E-state index contributed by atoms with van der Waals surface area (Å²) in [4.78, 5) is 58.4. The van der Waals surface area contributed by atoms with Crippen molar-refractivity contribution in [3.8, 4) is 0 Å². The Balaban J connectivity index is 0.000000216. The Kier molecular flexibility index (Phi) is 20.2. The molecule has 85 heavy (non-hydrogen) atoms. The van der Waals surface area contributed by atoms with Crippen LogP contribution in [-0.4, -0.2) is 112 Å². The number of nitrogens with zero attached hydrogens (tertiary/aromatic N) is 5. The van der Waals surface area contributed by atoms with Crippen LogP contribution in [-0.2, 0) is 39.4 Å². The lowest BCUT2D eigenvalue weighted by Gasteiger charge is -2.37. The van der Waals surface area contributed by atoms with Crippen LogP contribution in [0.15, 0.2) is 87.1 Å². The first-order valence-electron chi connectivity index (χ1n) is 28.0. The summed E-state index contributed by atoms with van der Waals surface area (Å²) >= 11 is 4.29. The van der Waals surface area contributed by atoms with Gasteiger partial charge in [0.05, 0.1) is 33.7 Å². The molecule has 2 saturated carbocycles. The molecule has 9 rings (SSSR count). The summed E-state index contributed by atoms with van der Waals surface area (Å²) in [6.07, 6.45) is 4.90. The van der Waals surface area contributed by atoms with Crippen LogP contribution in [0.2, 0.25) is 25.7 Å². The normalized spacial score (nSPS) is 25.5. The number of carbonyl (C=O) groups is 3. The molecule has 6 atom stereocenters. The van der Waals surface area contributed by atoms with Crippen molar-refractivity contribution in [2.45, 2.75) is 152 Å². The first-order chi connectivity index (χ1) is 39.5. The van der Waals surface area contributed by atoms with Crippen LogP contribution in [0.5, 0.6) is 0 Å². The van der Waals surface area contributed by atoms with E-state index in [9.17, 15) is 27.6 Å². The van der Waals surface area contributed by atoms with Crippen LogP contribution in [0, 0.1) is 37.3 Å². The predicted octanol–water partition coefficient (Wildman–Crippen LogP) is 12.4. The van der Waals surface area contributed by atoms with Gasteiger partial charge >= 0.3 is 13.2 Å². The number of amidine groups is 2. The van der Waals surface area contributed by atoms with Gasteiger partial charge in [-0.2, -0.15) is 0 Å². The molecule has 5 heterocycles. The number of aliphatic imine (C=N–C) groups is 2. The number of fused-ring (bicyclic) bond motifs is 2. The summed E-state index contributed by atoms with van der Waals surface area (Å²) in [5.41, 5.74) is 6.20. The fourth-order valence-electron chi connectivity index (χ4n) is 10.2. The van der Waals surface area contributed by atoms with Crippen molar-refractivity contribution in [3.63, 3.8) is 0 Å². The number of carbonyl (C=O) groups excluding carboxylic acids is 3. The number of halogens is 5. The van der Waals surface area contributed by atoms with E-state index < -0.39 is 76.1 Å². The van der Waals surface area contributed by atoms with Gasteiger partial charge in [0, 0.05) is 68.2 Å². The Morgan fingerprint density at radius 2 is 1.29 bits per heavy atom. The van der Waals surface area contributed by atoms with Gasteiger partial charge in [-0.15, -0.1) is 0 Å². The molecule has 2 aromatic carbocycles. The van der Waals surface area contributed by atoms with Gasteiger partial charge in [-0.3, -0.25) is 29.5 Å². The van der Waals surface area contributed by atoms with E-state index in [2.05, 4.69) is 45.2 Å². The van der Waals surface area contributed by atoms with E-state index in [1.54, 1.807) is 90.6 Å². The first kappa shape index (κ1) is 67.4. The molecule has 4 aromatic rings. The lowest BCUT2D eigenvalue weighted by molar-refractivity contribution is -0.122.